The summed E-state index contributed by atoms with van der Waals surface area (Å²) in [6, 6.07) is 21.0. The Morgan fingerprint density at radius 2 is 1.61 bits per heavy atom. The number of hydrogen-bond acceptors (Lipinski definition) is 4. The average molecular weight is 459 g/mol. The topological polar surface area (TPSA) is 84.5 Å². The van der Waals surface area contributed by atoms with Gasteiger partial charge in [0.05, 0.1) is 22.2 Å². The van der Waals surface area contributed by atoms with Gasteiger partial charge in [0.15, 0.2) is 0 Å². The van der Waals surface area contributed by atoms with E-state index in [2.05, 4.69) is 10.0 Å². The zero-order valence-electron chi connectivity index (χ0n) is 16.9. The molecule has 0 aliphatic heterocycles. The van der Waals surface area contributed by atoms with Crippen LogP contribution >= 0.6 is 11.6 Å². The van der Waals surface area contributed by atoms with Crippen LogP contribution in [0.5, 0.6) is 5.75 Å². The number of benzene rings is 3. The van der Waals surface area contributed by atoms with Crippen molar-refractivity contribution in [2.75, 3.05) is 11.9 Å². The lowest BCUT2D eigenvalue weighted by molar-refractivity contribution is -0.117. The van der Waals surface area contributed by atoms with Crippen LogP contribution in [0, 0.1) is 0 Å². The van der Waals surface area contributed by atoms with Gasteiger partial charge in [-0.1, -0.05) is 54.1 Å². The summed E-state index contributed by atoms with van der Waals surface area (Å²) in [5.41, 5.74) is 1.23. The van der Waals surface area contributed by atoms with Crippen LogP contribution in [0.15, 0.2) is 83.8 Å². The average Bonchev–Trinajstić information content (AvgIpc) is 2.76. The quantitative estimate of drug-likeness (QED) is 0.501. The predicted octanol–water partition coefficient (Wildman–Crippen LogP) is 4.27. The number of para-hydroxylation sites is 1. The van der Waals surface area contributed by atoms with Crippen LogP contribution in [0.3, 0.4) is 0 Å². The second kappa shape index (κ2) is 10.4. The third kappa shape index (κ3) is 6.30. The number of sulfonamides is 1. The zero-order chi connectivity index (χ0) is 22.3. The molecule has 8 heteroatoms. The van der Waals surface area contributed by atoms with Gasteiger partial charge in [0, 0.05) is 0 Å². The third-order valence-electron chi connectivity index (χ3n) is 4.47. The largest absolute Gasteiger partial charge is 0.494 e. The number of ether oxygens (including phenoxy) is 1. The van der Waals surface area contributed by atoms with Crippen LogP contribution < -0.4 is 14.8 Å². The van der Waals surface area contributed by atoms with Gasteiger partial charge in [0.2, 0.25) is 15.9 Å². The first kappa shape index (κ1) is 22.8. The molecule has 1 amide bonds. The Hall–Kier alpha value is -2.87. The van der Waals surface area contributed by atoms with Crippen molar-refractivity contribution < 1.29 is 17.9 Å². The fraction of sp³-hybridized carbons (Fsp3) is 0.174. The molecule has 3 aromatic rings. The number of carbonyl (C=O) groups is 1. The molecule has 0 aliphatic carbocycles. The van der Waals surface area contributed by atoms with Crippen molar-refractivity contribution >= 4 is 33.2 Å². The van der Waals surface area contributed by atoms with Crippen LogP contribution in [-0.2, 0) is 21.2 Å². The molecule has 0 spiro atoms. The molecule has 31 heavy (non-hydrogen) atoms. The summed E-state index contributed by atoms with van der Waals surface area (Å²) in [6.07, 6.45) is 0.174. The maximum absolute atomic E-state index is 13.0. The first-order valence-electron chi connectivity index (χ1n) is 9.73. The molecule has 0 fully saturated rings. The summed E-state index contributed by atoms with van der Waals surface area (Å²) in [6.45, 7) is 2.32. The van der Waals surface area contributed by atoms with Gasteiger partial charge in [0.25, 0.3) is 0 Å². The summed E-state index contributed by atoms with van der Waals surface area (Å²) in [5, 5.41) is 3.08. The molecule has 0 radical (unpaired) electrons. The molecule has 3 aromatic carbocycles. The first-order chi connectivity index (χ1) is 14.9. The highest BCUT2D eigenvalue weighted by atomic mass is 35.5. The van der Waals surface area contributed by atoms with Gasteiger partial charge in [-0.25, -0.2) is 8.42 Å². The van der Waals surface area contributed by atoms with E-state index in [0.717, 1.165) is 5.56 Å². The van der Waals surface area contributed by atoms with Crippen molar-refractivity contribution in [3.05, 3.63) is 89.4 Å². The minimum atomic E-state index is -3.96. The number of rotatable bonds is 9. The summed E-state index contributed by atoms with van der Waals surface area (Å²) in [5.74, 6) is 0.0604. The van der Waals surface area contributed by atoms with Crippen molar-refractivity contribution in [2.45, 2.75) is 24.3 Å². The summed E-state index contributed by atoms with van der Waals surface area (Å²) in [4.78, 5) is 13.0. The van der Waals surface area contributed by atoms with Crippen molar-refractivity contribution in [3.63, 3.8) is 0 Å². The molecular weight excluding hydrogens is 436 g/mol. The molecule has 0 aromatic heterocycles. The van der Waals surface area contributed by atoms with E-state index in [1.807, 2.05) is 37.3 Å². The van der Waals surface area contributed by atoms with Crippen LogP contribution in [0.25, 0.3) is 0 Å². The molecule has 1 atom stereocenters. The number of amides is 1. The molecule has 0 unspecified atom stereocenters. The second-order valence-electron chi connectivity index (χ2n) is 6.74. The molecule has 6 nitrogen and oxygen atoms in total. The molecule has 0 saturated heterocycles. The van der Waals surface area contributed by atoms with Gasteiger partial charge in [-0.15, -0.1) is 0 Å². The van der Waals surface area contributed by atoms with E-state index in [-0.39, 0.29) is 11.3 Å². The van der Waals surface area contributed by atoms with E-state index in [0.29, 0.717) is 23.1 Å². The van der Waals surface area contributed by atoms with Crippen LogP contribution in [0.4, 0.5) is 5.69 Å². The smallest absolute Gasteiger partial charge is 0.242 e. The molecule has 162 valence electrons. The Morgan fingerprint density at radius 1 is 0.968 bits per heavy atom. The maximum atomic E-state index is 13.0. The number of hydrogen-bond donors (Lipinski definition) is 2. The normalized spacial score (nSPS) is 12.2. The number of nitrogens with one attached hydrogen (secondary N) is 2. The minimum Gasteiger partial charge on any atom is -0.494 e. The highest BCUT2D eigenvalue weighted by Crippen LogP contribution is 2.22. The van der Waals surface area contributed by atoms with E-state index in [4.69, 9.17) is 16.3 Å². The Labute approximate surface area is 187 Å². The van der Waals surface area contributed by atoms with Gasteiger partial charge in [0.1, 0.15) is 11.8 Å². The number of anilines is 1. The standard InChI is InChI=1S/C23H23ClN2O4S/c1-2-30-18-12-14-19(15-13-18)31(28,29)26-22(16-17-8-4-3-5-9-17)23(27)25-21-11-7-6-10-20(21)24/h3-15,22,26H,2,16H2,1H3,(H,25,27)/t22-/m1/s1. The molecule has 2 N–H and O–H groups in total. The van der Waals surface area contributed by atoms with Gasteiger partial charge in [-0.2, -0.15) is 4.72 Å². The summed E-state index contributed by atoms with van der Waals surface area (Å²) in [7, 11) is -3.96. The third-order valence-corrected chi connectivity index (χ3v) is 6.29. The fourth-order valence-corrected chi connectivity index (χ4v) is 4.34. The van der Waals surface area contributed by atoms with Crippen molar-refractivity contribution in [2.24, 2.45) is 0 Å². The maximum Gasteiger partial charge on any atom is 0.242 e. The molecule has 0 heterocycles. The van der Waals surface area contributed by atoms with Crippen molar-refractivity contribution in [1.29, 1.82) is 0 Å². The Kier molecular flexibility index (Phi) is 7.68. The second-order valence-corrected chi connectivity index (χ2v) is 8.86. The molecule has 0 saturated carbocycles. The highest BCUT2D eigenvalue weighted by Gasteiger charge is 2.26. The Morgan fingerprint density at radius 3 is 2.26 bits per heavy atom. The van der Waals surface area contributed by atoms with Crippen LogP contribution in [0.1, 0.15) is 12.5 Å². The summed E-state index contributed by atoms with van der Waals surface area (Å²) < 4.78 is 33.8. The lowest BCUT2D eigenvalue weighted by Crippen LogP contribution is -2.45. The SMILES string of the molecule is CCOc1ccc(S(=O)(=O)N[C@H](Cc2ccccc2)C(=O)Nc2ccccc2Cl)cc1. The Balaban J connectivity index is 1.84. The molecule has 0 bridgehead atoms. The molecular formula is C23H23ClN2O4S. The van der Waals surface area contributed by atoms with Gasteiger partial charge >= 0.3 is 0 Å². The first-order valence-corrected chi connectivity index (χ1v) is 11.6. The monoisotopic (exact) mass is 458 g/mol. The van der Waals surface area contributed by atoms with Gasteiger partial charge in [-0.3, -0.25) is 4.79 Å². The summed E-state index contributed by atoms with van der Waals surface area (Å²) >= 11 is 6.14. The fourth-order valence-electron chi connectivity index (χ4n) is 2.96. The highest BCUT2D eigenvalue weighted by molar-refractivity contribution is 7.89. The molecule has 3 rings (SSSR count). The van der Waals surface area contributed by atoms with E-state index in [9.17, 15) is 13.2 Å². The van der Waals surface area contributed by atoms with Gasteiger partial charge in [-0.05, 0) is 55.3 Å². The van der Waals surface area contributed by atoms with Gasteiger partial charge < -0.3 is 10.1 Å². The number of halogens is 1. The number of carbonyl (C=O) groups excluding carboxylic acids is 1. The minimum absolute atomic E-state index is 0.0413. The van der Waals surface area contributed by atoms with Crippen molar-refractivity contribution in [3.8, 4) is 5.75 Å². The molecule has 0 aliphatic rings. The van der Waals surface area contributed by atoms with E-state index in [1.54, 1.807) is 36.4 Å². The lowest BCUT2D eigenvalue weighted by Gasteiger charge is -2.19. The predicted molar refractivity (Wildman–Crippen MR) is 122 cm³/mol. The Bertz CT molecular complexity index is 1120. The van der Waals surface area contributed by atoms with Crippen LogP contribution in [-0.4, -0.2) is 27.0 Å². The van der Waals surface area contributed by atoms with Crippen molar-refractivity contribution in [1.82, 2.24) is 4.72 Å². The van der Waals surface area contributed by atoms with E-state index < -0.39 is 22.0 Å². The van der Waals surface area contributed by atoms with E-state index in [1.165, 1.54) is 12.1 Å². The van der Waals surface area contributed by atoms with Crippen LogP contribution in [0.2, 0.25) is 5.02 Å². The zero-order valence-corrected chi connectivity index (χ0v) is 18.5. The van der Waals surface area contributed by atoms with E-state index >= 15 is 0 Å². The lowest BCUT2D eigenvalue weighted by atomic mass is 10.1.